The molecule has 1 aromatic heterocycles. The number of fused-ring (bicyclic) bond motifs is 1. The van der Waals surface area contributed by atoms with Gasteiger partial charge in [-0.2, -0.15) is 0 Å². The molecule has 3 aromatic rings. The summed E-state index contributed by atoms with van der Waals surface area (Å²) in [7, 11) is -1.98. The monoisotopic (exact) mass is 563 g/mol. The lowest BCUT2D eigenvalue weighted by atomic mass is 9.88. The number of carbonyl (C=O) groups excluding carboxylic acids is 1. The number of nitrogens with zero attached hydrogens (tertiary/aromatic N) is 2. The van der Waals surface area contributed by atoms with Crippen molar-refractivity contribution in [3.63, 3.8) is 0 Å². The minimum absolute atomic E-state index is 0.0201. The molecule has 0 aliphatic carbocycles. The van der Waals surface area contributed by atoms with Crippen molar-refractivity contribution < 1.29 is 32.4 Å². The maximum Gasteiger partial charge on any atom is 0.586 e. The van der Waals surface area contributed by atoms with Crippen molar-refractivity contribution in [3.05, 3.63) is 58.1 Å². The molecule has 0 unspecified atom stereocenters. The zero-order valence-electron chi connectivity index (χ0n) is 21.5. The smallest absolute Gasteiger partial charge is 0.437 e. The van der Waals surface area contributed by atoms with Gasteiger partial charge >= 0.3 is 6.29 Å². The maximum absolute atomic E-state index is 13.5. The molecule has 38 heavy (non-hydrogen) atoms. The van der Waals surface area contributed by atoms with E-state index < -0.39 is 28.4 Å². The number of hydrogen-bond acceptors (Lipinski definition) is 8. The van der Waals surface area contributed by atoms with Crippen LogP contribution in [0.3, 0.4) is 0 Å². The summed E-state index contributed by atoms with van der Waals surface area (Å²) in [6, 6.07) is 8.58. The van der Waals surface area contributed by atoms with Gasteiger partial charge < -0.3 is 23.2 Å². The Hall–Kier alpha value is -2.89. The Morgan fingerprint density at radius 3 is 2.29 bits per heavy atom. The molecule has 1 N–H and O–H groups in total. The molecule has 4 rings (SSSR count). The van der Waals surface area contributed by atoms with Gasteiger partial charge in [0.25, 0.3) is 0 Å². The first-order valence-corrected chi connectivity index (χ1v) is 14.2. The second-order valence-corrected chi connectivity index (χ2v) is 11.9. The summed E-state index contributed by atoms with van der Waals surface area (Å²) in [5, 5.41) is 10.1. The van der Waals surface area contributed by atoms with E-state index in [9.17, 15) is 22.9 Å². The molecular formula is C27H29F2N2O5S2-. The van der Waals surface area contributed by atoms with Gasteiger partial charge in [-0.3, -0.25) is 9.78 Å². The average Bonchev–Trinajstić information content (AvgIpc) is 3.44. The van der Waals surface area contributed by atoms with Gasteiger partial charge in [-0.25, -0.2) is 0 Å². The topological polar surface area (TPSA) is 98.1 Å². The third kappa shape index (κ3) is 6.39. The number of hydrogen-bond donors (Lipinski definition) is 1. The van der Waals surface area contributed by atoms with Crippen LogP contribution >= 0.6 is 11.3 Å². The second-order valence-electron chi connectivity index (χ2n) is 9.56. The van der Waals surface area contributed by atoms with E-state index in [4.69, 9.17) is 0 Å². The van der Waals surface area contributed by atoms with Gasteiger partial charge in [0.2, 0.25) is 5.91 Å². The zero-order valence-corrected chi connectivity index (χ0v) is 23.2. The van der Waals surface area contributed by atoms with Crippen LogP contribution in [-0.2, 0) is 44.5 Å². The molecule has 0 saturated carbocycles. The van der Waals surface area contributed by atoms with Crippen molar-refractivity contribution in [2.45, 2.75) is 76.0 Å². The Morgan fingerprint density at radius 2 is 1.71 bits per heavy atom. The molecule has 1 aliphatic heterocycles. The molecule has 0 fully saturated rings. The highest BCUT2D eigenvalue weighted by Crippen LogP contribution is 2.43. The van der Waals surface area contributed by atoms with Crippen molar-refractivity contribution >= 4 is 27.8 Å². The zero-order chi connectivity index (χ0) is 27.7. The lowest BCUT2D eigenvalue weighted by molar-refractivity contribution is -0.286. The van der Waals surface area contributed by atoms with Crippen LogP contribution in [0.2, 0.25) is 0 Å². The Bertz CT molecular complexity index is 1410. The molecular weight excluding hydrogens is 534 g/mol. The van der Waals surface area contributed by atoms with E-state index in [0.717, 1.165) is 46.4 Å². The third-order valence-corrected chi connectivity index (χ3v) is 8.51. The number of ether oxygens (including phenoxy) is 2. The fourth-order valence-corrected chi connectivity index (χ4v) is 6.03. The maximum atomic E-state index is 13.5. The predicted octanol–water partition coefficient (Wildman–Crippen LogP) is 6.54. The summed E-state index contributed by atoms with van der Waals surface area (Å²) in [5.41, 5.74) is 3.11. The molecule has 0 saturated heterocycles. The molecule has 204 valence electrons. The van der Waals surface area contributed by atoms with Crippen molar-refractivity contribution in [2.24, 2.45) is 4.36 Å². The molecule has 11 heteroatoms. The van der Waals surface area contributed by atoms with E-state index in [1.807, 2.05) is 26.0 Å². The second kappa shape index (κ2) is 11.1. The van der Waals surface area contributed by atoms with E-state index >= 15 is 0 Å². The summed E-state index contributed by atoms with van der Waals surface area (Å²) < 4.78 is 52.9. The van der Waals surface area contributed by atoms with E-state index in [1.165, 1.54) is 18.3 Å². The summed E-state index contributed by atoms with van der Waals surface area (Å²) in [5.74, 6) is -0.582. The molecule has 1 aliphatic rings. The largest absolute Gasteiger partial charge is 0.586 e. The number of benzene rings is 2. The Labute approximate surface area is 226 Å². The predicted molar refractivity (Wildman–Crippen MR) is 141 cm³/mol. The van der Waals surface area contributed by atoms with Gasteiger partial charge in [-0.05, 0) is 66.6 Å². The average molecular weight is 564 g/mol. The van der Waals surface area contributed by atoms with Crippen LogP contribution in [0.4, 0.5) is 8.78 Å². The van der Waals surface area contributed by atoms with Crippen molar-refractivity contribution in [3.8, 4) is 22.6 Å². The normalized spacial score (nSPS) is 15.1. The molecule has 0 spiro atoms. The van der Waals surface area contributed by atoms with Crippen molar-refractivity contribution in [1.29, 1.82) is 0 Å². The Morgan fingerprint density at radius 1 is 1.08 bits per heavy atom. The lowest BCUT2D eigenvalue weighted by Gasteiger charge is -2.17. The number of carbonyl (C=O) groups is 1. The van der Waals surface area contributed by atoms with E-state index in [1.54, 1.807) is 19.9 Å². The van der Waals surface area contributed by atoms with Crippen LogP contribution in [0.1, 0.15) is 62.1 Å². The van der Waals surface area contributed by atoms with Gasteiger partial charge in [0.05, 0.1) is 16.9 Å². The van der Waals surface area contributed by atoms with Crippen LogP contribution in [0, 0.1) is 0 Å². The van der Waals surface area contributed by atoms with Crippen LogP contribution in [0.5, 0.6) is 11.5 Å². The minimum atomic E-state index is -3.69. The molecule has 7 nitrogen and oxygen atoms in total. The van der Waals surface area contributed by atoms with Gasteiger partial charge in [0.15, 0.2) is 11.5 Å². The number of amides is 1. The van der Waals surface area contributed by atoms with Crippen LogP contribution in [0.25, 0.3) is 11.1 Å². The summed E-state index contributed by atoms with van der Waals surface area (Å²) in [4.78, 5) is 17.5. The van der Waals surface area contributed by atoms with Crippen LogP contribution in [0.15, 0.2) is 45.2 Å². The van der Waals surface area contributed by atoms with Gasteiger partial charge in [0, 0.05) is 10.5 Å². The minimum Gasteiger partial charge on any atom is -0.437 e. The van der Waals surface area contributed by atoms with Gasteiger partial charge in [0.1, 0.15) is 0 Å². The summed E-state index contributed by atoms with van der Waals surface area (Å²) >= 11 is 1.05. The van der Waals surface area contributed by atoms with E-state index in [0.29, 0.717) is 23.3 Å². The van der Waals surface area contributed by atoms with E-state index in [2.05, 4.69) is 18.8 Å². The Balaban J connectivity index is 1.66. The number of rotatable bonds is 9. The quantitative estimate of drug-likeness (QED) is 0.297. The first-order valence-electron chi connectivity index (χ1n) is 12.3. The number of halogens is 2. The number of aromatic nitrogens is 1. The Kier molecular flexibility index (Phi) is 8.20. The summed E-state index contributed by atoms with van der Waals surface area (Å²) in [6.45, 7) is 7.26. The number of aliphatic hydroxyl groups is 1. The van der Waals surface area contributed by atoms with Gasteiger partial charge in [-0.1, -0.05) is 44.9 Å². The highest BCUT2D eigenvalue weighted by Gasteiger charge is 2.43. The third-order valence-electron chi connectivity index (χ3n) is 5.96. The van der Waals surface area contributed by atoms with E-state index in [-0.39, 0.29) is 22.3 Å². The highest BCUT2D eigenvalue weighted by molar-refractivity contribution is 7.77. The fraction of sp³-hybridized carbons (Fsp3) is 0.407. The van der Waals surface area contributed by atoms with Gasteiger partial charge in [-0.15, -0.1) is 30.7 Å². The number of aryl methyl sites for hydroxylation is 2. The number of alkyl halides is 2. The van der Waals surface area contributed by atoms with Crippen LogP contribution in [-0.4, -0.2) is 22.3 Å². The molecule has 0 atom stereocenters. The first-order chi connectivity index (χ1) is 17.9. The fourth-order valence-electron chi connectivity index (χ4n) is 4.24. The van der Waals surface area contributed by atoms with Crippen LogP contribution < -0.4 is 9.47 Å². The molecule has 2 aromatic carbocycles. The summed E-state index contributed by atoms with van der Waals surface area (Å²) in [6.07, 6.45) is 0.766. The molecule has 0 radical (unpaired) electrons. The number of thiazole rings is 1. The SMILES string of the molecule is CCCc1cc(-c2ccc3c(c2)OC(F)(F)O3)cc(CCC)c1CC(=O)N=[S-](=O)c1ncc(C(C)(C)O)s1. The highest BCUT2D eigenvalue weighted by atomic mass is 32.2. The lowest BCUT2D eigenvalue weighted by Crippen LogP contribution is -2.25. The molecule has 0 bridgehead atoms. The standard InChI is InChI=1S/C27H29F2N2O5S2/c1-5-7-17-11-19(16-9-10-21-22(13-16)36-27(28,29)35-21)12-18(8-6-2)20(17)14-24(32)31-38(34)25-30-15-23(37-25)26(3,4)33/h9-13,15,33H,5-8,14H2,1-4H3/q-1. The van der Waals surface area contributed by atoms with Crippen molar-refractivity contribution in [2.75, 3.05) is 0 Å². The first kappa shape index (κ1) is 28.1. The molecule has 2 heterocycles. The van der Waals surface area contributed by atoms with Crippen molar-refractivity contribution in [1.82, 2.24) is 4.98 Å². The molecule has 1 amide bonds.